The van der Waals surface area contributed by atoms with E-state index in [1.165, 1.54) is 4.90 Å². The summed E-state index contributed by atoms with van der Waals surface area (Å²) in [6.07, 6.45) is -0.950. The highest BCUT2D eigenvalue weighted by Crippen LogP contribution is 2.08. The molecule has 1 heterocycles. The Balaban J connectivity index is 2.79. The zero-order valence-electron chi connectivity index (χ0n) is 8.84. The van der Waals surface area contributed by atoms with Gasteiger partial charge in [0.15, 0.2) is 0 Å². The molecule has 0 unspecified atom stereocenters. The molecular weight excluding hydrogens is 194 g/mol. The van der Waals surface area contributed by atoms with Crippen LogP contribution in [0.5, 0.6) is 0 Å². The fraction of sp³-hybridized carbons (Fsp3) is 0.400. The molecule has 0 saturated heterocycles. The van der Waals surface area contributed by atoms with Gasteiger partial charge < -0.3 is 15.7 Å². The molecule has 0 saturated carbocycles. The van der Waals surface area contributed by atoms with Gasteiger partial charge in [0.2, 0.25) is 0 Å². The molecule has 0 aliphatic carbocycles. The van der Waals surface area contributed by atoms with Gasteiger partial charge in [-0.2, -0.15) is 0 Å². The lowest BCUT2D eigenvalue weighted by atomic mass is 10.3. The van der Waals surface area contributed by atoms with Gasteiger partial charge in [-0.15, -0.1) is 0 Å². The Morgan fingerprint density at radius 1 is 1.60 bits per heavy atom. The van der Waals surface area contributed by atoms with Crippen molar-refractivity contribution in [1.29, 1.82) is 0 Å². The Kier molecular flexibility index (Phi) is 3.49. The van der Waals surface area contributed by atoms with Crippen molar-refractivity contribution in [3.05, 3.63) is 23.9 Å². The fourth-order valence-electron chi connectivity index (χ4n) is 1.23. The van der Waals surface area contributed by atoms with Crippen LogP contribution in [0.2, 0.25) is 0 Å². The first-order valence-corrected chi connectivity index (χ1v) is 4.71. The van der Waals surface area contributed by atoms with Crippen molar-refractivity contribution in [3.63, 3.8) is 0 Å². The smallest absolute Gasteiger partial charge is 0.407 e. The third-order valence-corrected chi connectivity index (χ3v) is 2.03. The van der Waals surface area contributed by atoms with Gasteiger partial charge in [-0.1, -0.05) is 6.07 Å². The summed E-state index contributed by atoms with van der Waals surface area (Å²) in [5.74, 6) is 0.404. The average Bonchev–Trinajstić information content (AvgIpc) is 2.13. The van der Waals surface area contributed by atoms with Crippen LogP contribution in [-0.4, -0.2) is 27.1 Å². The second-order valence-electron chi connectivity index (χ2n) is 3.56. The maximum absolute atomic E-state index is 10.9. The van der Waals surface area contributed by atoms with Crippen LogP contribution in [0.1, 0.15) is 19.5 Å². The minimum Gasteiger partial charge on any atom is -0.465 e. The van der Waals surface area contributed by atoms with E-state index in [0.717, 1.165) is 0 Å². The third kappa shape index (κ3) is 3.12. The monoisotopic (exact) mass is 209 g/mol. The number of nitrogens with two attached hydrogens (primary N) is 1. The lowest BCUT2D eigenvalue weighted by molar-refractivity contribution is 0.127. The van der Waals surface area contributed by atoms with Crippen molar-refractivity contribution >= 4 is 11.9 Å². The molecule has 0 atom stereocenters. The highest BCUT2D eigenvalue weighted by molar-refractivity contribution is 5.65. The summed E-state index contributed by atoms with van der Waals surface area (Å²) >= 11 is 0. The number of anilines is 1. The number of pyridine rings is 1. The predicted octanol–water partition coefficient (Wildman–Crippen LogP) is 1.55. The van der Waals surface area contributed by atoms with Gasteiger partial charge in [0.1, 0.15) is 5.82 Å². The van der Waals surface area contributed by atoms with Gasteiger partial charge >= 0.3 is 6.09 Å². The highest BCUT2D eigenvalue weighted by atomic mass is 16.4. The molecule has 1 amide bonds. The molecule has 5 nitrogen and oxygen atoms in total. The van der Waals surface area contributed by atoms with E-state index in [1.54, 1.807) is 18.2 Å². The minimum absolute atomic E-state index is 0.0780. The van der Waals surface area contributed by atoms with Crippen LogP contribution >= 0.6 is 0 Å². The lowest BCUT2D eigenvalue weighted by Crippen LogP contribution is -2.35. The zero-order chi connectivity index (χ0) is 11.4. The minimum atomic E-state index is -0.950. The molecule has 0 radical (unpaired) electrons. The number of amides is 1. The number of hydrogen-bond donors (Lipinski definition) is 2. The van der Waals surface area contributed by atoms with Crippen LogP contribution in [0, 0.1) is 0 Å². The number of aromatic nitrogens is 1. The van der Waals surface area contributed by atoms with E-state index in [1.807, 2.05) is 13.8 Å². The number of nitrogen functional groups attached to an aromatic ring is 1. The van der Waals surface area contributed by atoms with Gasteiger partial charge in [-0.05, 0) is 26.0 Å². The van der Waals surface area contributed by atoms with Crippen molar-refractivity contribution in [1.82, 2.24) is 9.88 Å². The molecule has 0 aliphatic heterocycles. The second kappa shape index (κ2) is 4.63. The van der Waals surface area contributed by atoms with Crippen molar-refractivity contribution < 1.29 is 9.90 Å². The van der Waals surface area contributed by atoms with E-state index in [-0.39, 0.29) is 12.6 Å². The number of nitrogens with zero attached hydrogens (tertiary/aromatic N) is 2. The average molecular weight is 209 g/mol. The summed E-state index contributed by atoms with van der Waals surface area (Å²) in [6.45, 7) is 3.90. The molecule has 0 bridgehead atoms. The first-order valence-electron chi connectivity index (χ1n) is 4.71. The van der Waals surface area contributed by atoms with Gasteiger partial charge in [-0.25, -0.2) is 9.78 Å². The largest absolute Gasteiger partial charge is 0.465 e. The summed E-state index contributed by atoms with van der Waals surface area (Å²) in [4.78, 5) is 16.3. The Labute approximate surface area is 88.5 Å². The van der Waals surface area contributed by atoms with Crippen LogP contribution in [0.25, 0.3) is 0 Å². The SMILES string of the molecule is CC(C)N(Cc1cccc(N)n1)C(=O)O. The van der Waals surface area contributed by atoms with E-state index in [4.69, 9.17) is 10.8 Å². The topological polar surface area (TPSA) is 79.5 Å². The highest BCUT2D eigenvalue weighted by Gasteiger charge is 2.16. The molecule has 0 aromatic carbocycles. The third-order valence-electron chi connectivity index (χ3n) is 2.03. The summed E-state index contributed by atoms with van der Waals surface area (Å²) < 4.78 is 0. The molecule has 0 fully saturated rings. The molecule has 15 heavy (non-hydrogen) atoms. The summed E-state index contributed by atoms with van der Waals surface area (Å²) in [5, 5.41) is 8.94. The maximum atomic E-state index is 10.9. The summed E-state index contributed by atoms with van der Waals surface area (Å²) in [5.41, 5.74) is 6.17. The Morgan fingerprint density at radius 3 is 2.73 bits per heavy atom. The Bertz CT molecular complexity index is 352. The normalized spacial score (nSPS) is 10.3. The fourth-order valence-corrected chi connectivity index (χ4v) is 1.23. The zero-order valence-corrected chi connectivity index (χ0v) is 8.84. The van der Waals surface area contributed by atoms with E-state index >= 15 is 0 Å². The lowest BCUT2D eigenvalue weighted by Gasteiger charge is -2.22. The van der Waals surface area contributed by atoms with Crippen LogP contribution < -0.4 is 5.73 Å². The van der Waals surface area contributed by atoms with Crippen molar-refractivity contribution in [3.8, 4) is 0 Å². The summed E-state index contributed by atoms with van der Waals surface area (Å²) in [7, 11) is 0. The molecule has 1 aromatic rings. The number of carbonyl (C=O) groups is 1. The van der Waals surface area contributed by atoms with E-state index in [2.05, 4.69) is 4.98 Å². The van der Waals surface area contributed by atoms with Crippen LogP contribution in [0.15, 0.2) is 18.2 Å². The van der Waals surface area contributed by atoms with Crippen LogP contribution in [0.3, 0.4) is 0 Å². The molecular formula is C10H15N3O2. The molecule has 3 N–H and O–H groups in total. The predicted molar refractivity (Wildman–Crippen MR) is 57.4 cm³/mol. The van der Waals surface area contributed by atoms with E-state index < -0.39 is 6.09 Å². The molecule has 5 heteroatoms. The number of rotatable bonds is 3. The van der Waals surface area contributed by atoms with Gasteiger partial charge in [0.05, 0.1) is 12.2 Å². The quantitative estimate of drug-likeness (QED) is 0.791. The Hall–Kier alpha value is -1.78. The Morgan fingerprint density at radius 2 is 2.27 bits per heavy atom. The van der Waals surface area contributed by atoms with Crippen LogP contribution in [0.4, 0.5) is 10.6 Å². The molecule has 1 aromatic heterocycles. The molecule has 82 valence electrons. The van der Waals surface area contributed by atoms with Crippen LogP contribution in [-0.2, 0) is 6.54 Å². The number of carboxylic acid groups (broad SMARTS) is 1. The first kappa shape index (κ1) is 11.3. The van der Waals surface area contributed by atoms with E-state index in [0.29, 0.717) is 11.5 Å². The maximum Gasteiger partial charge on any atom is 0.407 e. The standard InChI is InChI=1S/C10H15N3O2/c1-7(2)13(10(14)15)6-8-4-3-5-9(11)12-8/h3-5,7H,6H2,1-2H3,(H2,11,12)(H,14,15). The molecule has 0 spiro atoms. The van der Waals surface area contributed by atoms with Gasteiger partial charge in [0, 0.05) is 6.04 Å². The molecule has 1 rings (SSSR count). The van der Waals surface area contributed by atoms with Crippen molar-refractivity contribution in [2.75, 3.05) is 5.73 Å². The second-order valence-corrected chi connectivity index (χ2v) is 3.56. The molecule has 0 aliphatic rings. The summed E-state index contributed by atoms with van der Waals surface area (Å²) in [6, 6.07) is 5.11. The van der Waals surface area contributed by atoms with Gasteiger partial charge in [-0.3, -0.25) is 0 Å². The van der Waals surface area contributed by atoms with Crippen molar-refractivity contribution in [2.24, 2.45) is 0 Å². The number of hydrogen-bond acceptors (Lipinski definition) is 3. The van der Waals surface area contributed by atoms with Gasteiger partial charge in [0.25, 0.3) is 0 Å². The first-order chi connectivity index (χ1) is 7.00. The van der Waals surface area contributed by atoms with Crippen molar-refractivity contribution in [2.45, 2.75) is 26.4 Å². The van der Waals surface area contributed by atoms with E-state index in [9.17, 15) is 4.79 Å².